The van der Waals surface area contributed by atoms with Crippen LogP contribution in [0.2, 0.25) is 0 Å². The Morgan fingerprint density at radius 3 is 1.43 bits per heavy atom. The third-order valence-electron chi connectivity index (χ3n) is 7.30. The maximum Gasteiger partial charge on any atom is 0.303 e. The molecule has 30 heavy (non-hydrogen) atoms. The lowest BCUT2D eigenvalue weighted by Crippen LogP contribution is -2.24. The van der Waals surface area contributed by atoms with Gasteiger partial charge in [0.2, 0.25) is 0 Å². The van der Waals surface area contributed by atoms with Crippen molar-refractivity contribution < 1.29 is 19.8 Å². The van der Waals surface area contributed by atoms with Gasteiger partial charge in [0.15, 0.2) is 0 Å². The van der Waals surface area contributed by atoms with Crippen molar-refractivity contribution in [3.05, 3.63) is 0 Å². The first kappa shape index (κ1) is 27.0. The number of carboxylic acids is 2. The van der Waals surface area contributed by atoms with Crippen LogP contribution in [0.25, 0.3) is 0 Å². The molecule has 0 unspecified atom stereocenters. The summed E-state index contributed by atoms with van der Waals surface area (Å²) < 4.78 is 0. The first-order chi connectivity index (χ1) is 14.0. The van der Waals surface area contributed by atoms with Crippen molar-refractivity contribution in [2.24, 2.45) is 16.2 Å². The van der Waals surface area contributed by atoms with Crippen LogP contribution in [0.1, 0.15) is 137 Å². The van der Waals surface area contributed by atoms with Crippen molar-refractivity contribution >= 4 is 11.9 Å². The maximum absolute atomic E-state index is 11.0. The minimum absolute atomic E-state index is 0.0945. The molecule has 0 spiro atoms. The molecular formula is C26H48O4. The van der Waals surface area contributed by atoms with E-state index in [1.54, 1.807) is 0 Å². The fraction of sp³-hybridized carbons (Fsp3) is 0.923. The van der Waals surface area contributed by atoms with Crippen molar-refractivity contribution in [3.63, 3.8) is 0 Å². The van der Waals surface area contributed by atoms with E-state index in [-0.39, 0.29) is 23.7 Å². The number of carbonyl (C=O) groups is 2. The van der Waals surface area contributed by atoms with Gasteiger partial charge in [-0.3, -0.25) is 9.59 Å². The summed E-state index contributed by atoms with van der Waals surface area (Å²) in [6, 6.07) is 0. The second-order valence-electron chi connectivity index (χ2n) is 11.7. The van der Waals surface area contributed by atoms with Crippen molar-refractivity contribution in [1.29, 1.82) is 0 Å². The van der Waals surface area contributed by atoms with Gasteiger partial charge < -0.3 is 10.2 Å². The predicted octanol–water partition coefficient (Wildman–Crippen LogP) is 7.84. The molecule has 0 heterocycles. The molecule has 1 aliphatic rings. The number of aliphatic carboxylic acids is 2. The number of unbranched alkanes of at least 4 members (excludes halogenated alkanes) is 4. The second kappa shape index (κ2) is 12.7. The SMILES string of the molecule is CC(C)(CCCCCC1(CCCCCC(C)(C)CC(=O)O)CCCCC1)CC(=O)O. The van der Waals surface area contributed by atoms with Gasteiger partial charge in [-0.25, -0.2) is 0 Å². The molecule has 0 atom stereocenters. The van der Waals surface area contributed by atoms with E-state index in [0.717, 1.165) is 25.7 Å². The first-order valence-electron chi connectivity index (χ1n) is 12.4. The molecule has 0 aromatic rings. The molecule has 1 saturated carbocycles. The van der Waals surface area contributed by atoms with E-state index in [1.165, 1.54) is 70.6 Å². The van der Waals surface area contributed by atoms with Crippen LogP contribution in [-0.2, 0) is 9.59 Å². The average Bonchev–Trinajstić information content (AvgIpc) is 2.59. The molecule has 0 saturated heterocycles. The highest BCUT2D eigenvalue weighted by atomic mass is 16.4. The third kappa shape index (κ3) is 12.0. The van der Waals surface area contributed by atoms with Crippen molar-refractivity contribution in [2.75, 3.05) is 0 Å². The molecule has 0 bridgehead atoms. The summed E-state index contributed by atoms with van der Waals surface area (Å²) in [4.78, 5) is 22.0. The molecule has 0 aromatic heterocycles. The fourth-order valence-electron chi connectivity index (χ4n) is 5.48. The van der Waals surface area contributed by atoms with Crippen molar-refractivity contribution in [1.82, 2.24) is 0 Å². The Balaban J connectivity index is 2.32. The highest BCUT2D eigenvalue weighted by Gasteiger charge is 2.31. The summed E-state index contributed by atoms with van der Waals surface area (Å²) in [5, 5.41) is 18.1. The van der Waals surface area contributed by atoms with E-state index in [4.69, 9.17) is 10.2 Å². The largest absolute Gasteiger partial charge is 0.481 e. The smallest absolute Gasteiger partial charge is 0.303 e. The van der Waals surface area contributed by atoms with E-state index in [9.17, 15) is 9.59 Å². The van der Waals surface area contributed by atoms with Crippen LogP contribution >= 0.6 is 0 Å². The van der Waals surface area contributed by atoms with Gasteiger partial charge >= 0.3 is 11.9 Å². The lowest BCUT2D eigenvalue weighted by molar-refractivity contribution is -0.140. The Kier molecular flexibility index (Phi) is 11.4. The zero-order valence-corrected chi connectivity index (χ0v) is 20.2. The van der Waals surface area contributed by atoms with Gasteiger partial charge in [-0.2, -0.15) is 0 Å². The average molecular weight is 425 g/mol. The monoisotopic (exact) mass is 424 g/mol. The molecule has 1 rings (SSSR count). The fourth-order valence-corrected chi connectivity index (χ4v) is 5.48. The summed E-state index contributed by atoms with van der Waals surface area (Å²) in [6.45, 7) is 8.28. The molecule has 0 aliphatic heterocycles. The summed E-state index contributed by atoms with van der Waals surface area (Å²) in [5.74, 6) is -1.37. The number of hydrogen-bond donors (Lipinski definition) is 2. The maximum atomic E-state index is 11.0. The Morgan fingerprint density at radius 1 is 0.667 bits per heavy atom. The Bertz CT molecular complexity index is 475. The Hall–Kier alpha value is -1.06. The lowest BCUT2D eigenvalue weighted by Gasteiger charge is -2.38. The van der Waals surface area contributed by atoms with Gasteiger partial charge in [0.25, 0.3) is 0 Å². The van der Waals surface area contributed by atoms with Gasteiger partial charge in [-0.1, -0.05) is 85.5 Å². The van der Waals surface area contributed by atoms with Crippen molar-refractivity contribution in [3.8, 4) is 0 Å². The van der Waals surface area contributed by atoms with E-state index in [1.807, 2.05) is 0 Å². The molecule has 1 aliphatic carbocycles. The highest BCUT2D eigenvalue weighted by molar-refractivity contribution is 5.67. The van der Waals surface area contributed by atoms with Crippen LogP contribution < -0.4 is 0 Å². The number of hydrogen-bond acceptors (Lipinski definition) is 2. The lowest BCUT2D eigenvalue weighted by atomic mass is 9.68. The summed E-state index contributed by atoms with van der Waals surface area (Å²) in [6.07, 6.45) is 19.3. The van der Waals surface area contributed by atoms with Crippen LogP contribution in [0, 0.1) is 16.2 Å². The van der Waals surface area contributed by atoms with Crippen LogP contribution in [0.15, 0.2) is 0 Å². The summed E-state index contributed by atoms with van der Waals surface area (Å²) in [5.41, 5.74) is 0.344. The van der Waals surface area contributed by atoms with Gasteiger partial charge in [0, 0.05) is 0 Å². The number of carboxylic acid groups (broad SMARTS) is 2. The van der Waals surface area contributed by atoms with Gasteiger partial charge in [-0.15, -0.1) is 0 Å². The molecule has 4 heteroatoms. The van der Waals surface area contributed by atoms with Gasteiger partial charge in [0.05, 0.1) is 12.8 Å². The summed E-state index contributed by atoms with van der Waals surface area (Å²) >= 11 is 0. The molecule has 1 fully saturated rings. The number of rotatable bonds is 16. The molecule has 0 aromatic carbocycles. The zero-order valence-electron chi connectivity index (χ0n) is 20.2. The zero-order chi connectivity index (χ0) is 22.7. The third-order valence-corrected chi connectivity index (χ3v) is 7.30. The quantitative estimate of drug-likeness (QED) is 0.247. The molecule has 176 valence electrons. The molecular weight excluding hydrogens is 376 g/mol. The van der Waals surface area contributed by atoms with Crippen molar-refractivity contribution in [2.45, 2.75) is 137 Å². The normalized spacial score (nSPS) is 17.1. The first-order valence-corrected chi connectivity index (χ1v) is 12.4. The highest BCUT2D eigenvalue weighted by Crippen LogP contribution is 2.45. The standard InChI is InChI=1S/C26H48O4/c1-24(2,20-22(27)28)14-8-5-10-16-26(18-12-7-13-19-26)17-11-6-9-15-25(3,4)21-23(29)30/h5-21H2,1-4H3,(H,27,28)(H,29,30). The second-order valence-corrected chi connectivity index (χ2v) is 11.7. The van der Waals surface area contributed by atoms with E-state index < -0.39 is 11.9 Å². The predicted molar refractivity (Wildman–Crippen MR) is 124 cm³/mol. The topological polar surface area (TPSA) is 74.6 Å². The van der Waals surface area contributed by atoms with Gasteiger partial charge in [0.1, 0.15) is 0 Å². The van der Waals surface area contributed by atoms with Crippen LogP contribution in [0.5, 0.6) is 0 Å². The molecule has 0 amide bonds. The molecule has 2 N–H and O–H groups in total. The molecule has 4 nitrogen and oxygen atoms in total. The van der Waals surface area contributed by atoms with Crippen LogP contribution in [-0.4, -0.2) is 22.2 Å². The minimum atomic E-state index is -0.687. The van der Waals surface area contributed by atoms with Crippen LogP contribution in [0.4, 0.5) is 0 Å². The molecule has 0 radical (unpaired) electrons. The Morgan fingerprint density at radius 2 is 1.07 bits per heavy atom. The van der Waals surface area contributed by atoms with Crippen LogP contribution in [0.3, 0.4) is 0 Å². The summed E-state index contributed by atoms with van der Waals surface area (Å²) in [7, 11) is 0. The van der Waals surface area contributed by atoms with E-state index >= 15 is 0 Å². The van der Waals surface area contributed by atoms with Gasteiger partial charge in [-0.05, 0) is 54.8 Å². The van der Waals surface area contributed by atoms with E-state index in [2.05, 4.69) is 27.7 Å². The Labute approximate surface area is 185 Å². The van der Waals surface area contributed by atoms with E-state index in [0.29, 0.717) is 5.41 Å². The minimum Gasteiger partial charge on any atom is -0.481 e.